The minimum absolute atomic E-state index is 0. The molecule has 5 heteroatoms. The molecule has 0 spiro atoms. The van der Waals surface area contributed by atoms with Crippen molar-refractivity contribution in [3.63, 3.8) is 0 Å². The van der Waals surface area contributed by atoms with Gasteiger partial charge in [-0.25, -0.2) is 0 Å². The third kappa shape index (κ3) is 5.34. The van der Waals surface area contributed by atoms with Crippen LogP contribution in [0.25, 0.3) is 0 Å². The molecule has 0 saturated carbocycles. The molecule has 0 fully saturated rings. The van der Waals surface area contributed by atoms with Crippen LogP contribution in [0.5, 0.6) is 11.5 Å². The Morgan fingerprint density at radius 1 is 0.952 bits per heavy atom. The topological polar surface area (TPSA) is 30.5 Å². The van der Waals surface area contributed by atoms with Crippen molar-refractivity contribution in [3.05, 3.63) is 58.1 Å². The molecular formula is C16H19Br2NO2. The van der Waals surface area contributed by atoms with Crippen molar-refractivity contribution in [1.82, 2.24) is 5.32 Å². The summed E-state index contributed by atoms with van der Waals surface area (Å²) in [6, 6.07) is 14.1. The van der Waals surface area contributed by atoms with Gasteiger partial charge in [-0.1, -0.05) is 28.1 Å². The second kappa shape index (κ2) is 9.07. The Bertz CT molecular complexity index is 559. The predicted octanol–water partition coefficient (Wildman–Crippen LogP) is 4.33. The minimum Gasteiger partial charge on any atom is -0.497 e. The second-order valence-electron chi connectivity index (χ2n) is 4.41. The van der Waals surface area contributed by atoms with Crippen LogP contribution < -0.4 is 14.8 Å². The zero-order valence-corrected chi connectivity index (χ0v) is 15.4. The molecule has 0 aromatic heterocycles. The first-order valence-corrected chi connectivity index (χ1v) is 7.18. The van der Waals surface area contributed by atoms with Crippen LogP contribution in [-0.4, -0.2) is 14.2 Å². The van der Waals surface area contributed by atoms with Crippen LogP contribution in [0.15, 0.2) is 46.9 Å². The summed E-state index contributed by atoms with van der Waals surface area (Å²) in [4.78, 5) is 0. The Morgan fingerprint density at radius 2 is 1.67 bits per heavy atom. The average molecular weight is 417 g/mol. The monoisotopic (exact) mass is 415 g/mol. The first-order valence-electron chi connectivity index (χ1n) is 6.39. The summed E-state index contributed by atoms with van der Waals surface area (Å²) < 4.78 is 11.6. The van der Waals surface area contributed by atoms with E-state index in [-0.39, 0.29) is 17.0 Å². The normalized spacial score (nSPS) is 9.86. The van der Waals surface area contributed by atoms with Crippen LogP contribution in [0.4, 0.5) is 0 Å². The highest BCUT2D eigenvalue weighted by Gasteiger charge is 2.03. The molecule has 2 rings (SSSR count). The van der Waals surface area contributed by atoms with Gasteiger partial charge in [0.05, 0.1) is 14.2 Å². The fraction of sp³-hybridized carbons (Fsp3) is 0.250. The first kappa shape index (κ1) is 18.0. The van der Waals surface area contributed by atoms with Crippen LogP contribution in [0.2, 0.25) is 0 Å². The van der Waals surface area contributed by atoms with Gasteiger partial charge in [-0.15, -0.1) is 17.0 Å². The zero-order valence-electron chi connectivity index (χ0n) is 12.1. The molecule has 0 bridgehead atoms. The van der Waals surface area contributed by atoms with Crippen LogP contribution in [0, 0.1) is 0 Å². The summed E-state index contributed by atoms with van der Waals surface area (Å²) in [5.41, 5.74) is 2.36. The van der Waals surface area contributed by atoms with Crippen molar-refractivity contribution in [3.8, 4) is 11.5 Å². The SMILES string of the molecule is Br.COc1ccc(CNCc2cc(Br)ccc2OC)cc1. The molecule has 0 unspecified atom stereocenters. The second-order valence-corrected chi connectivity index (χ2v) is 5.32. The van der Waals surface area contributed by atoms with E-state index in [4.69, 9.17) is 9.47 Å². The van der Waals surface area contributed by atoms with E-state index in [2.05, 4.69) is 39.4 Å². The summed E-state index contributed by atoms with van der Waals surface area (Å²) in [5, 5.41) is 3.42. The van der Waals surface area contributed by atoms with Crippen molar-refractivity contribution in [2.75, 3.05) is 14.2 Å². The van der Waals surface area contributed by atoms with Crippen molar-refractivity contribution in [2.45, 2.75) is 13.1 Å². The maximum absolute atomic E-state index is 5.36. The van der Waals surface area contributed by atoms with Gasteiger partial charge in [0.15, 0.2) is 0 Å². The van der Waals surface area contributed by atoms with E-state index in [1.54, 1.807) is 14.2 Å². The maximum atomic E-state index is 5.36. The van der Waals surface area contributed by atoms with Gasteiger partial charge < -0.3 is 14.8 Å². The van der Waals surface area contributed by atoms with Gasteiger partial charge in [0, 0.05) is 23.1 Å². The Hall–Kier alpha value is -1.04. The van der Waals surface area contributed by atoms with E-state index in [1.165, 1.54) is 5.56 Å². The number of halogens is 2. The maximum Gasteiger partial charge on any atom is 0.123 e. The van der Waals surface area contributed by atoms with Gasteiger partial charge in [0.2, 0.25) is 0 Å². The number of methoxy groups -OCH3 is 2. The van der Waals surface area contributed by atoms with Gasteiger partial charge in [0.1, 0.15) is 11.5 Å². The summed E-state index contributed by atoms with van der Waals surface area (Å²) in [5.74, 6) is 1.78. The number of hydrogen-bond donors (Lipinski definition) is 1. The summed E-state index contributed by atoms with van der Waals surface area (Å²) >= 11 is 3.48. The van der Waals surface area contributed by atoms with Gasteiger partial charge in [-0.2, -0.15) is 0 Å². The number of nitrogens with one attached hydrogen (secondary N) is 1. The zero-order chi connectivity index (χ0) is 14.4. The molecule has 0 aliphatic heterocycles. The number of rotatable bonds is 6. The average Bonchev–Trinajstić information content (AvgIpc) is 2.48. The van der Waals surface area contributed by atoms with Gasteiger partial charge >= 0.3 is 0 Å². The van der Waals surface area contributed by atoms with Crippen molar-refractivity contribution in [1.29, 1.82) is 0 Å². The smallest absolute Gasteiger partial charge is 0.123 e. The van der Waals surface area contributed by atoms with Crippen LogP contribution in [0.1, 0.15) is 11.1 Å². The molecule has 0 aliphatic rings. The molecular weight excluding hydrogens is 398 g/mol. The van der Waals surface area contributed by atoms with E-state index >= 15 is 0 Å². The molecule has 1 N–H and O–H groups in total. The van der Waals surface area contributed by atoms with E-state index in [1.807, 2.05) is 24.3 Å². The lowest BCUT2D eigenvalue weighted by Crippen LogP contribution is -2.13. The minimum atomic E-state index is 0. The molecule has 0 amide bonds. The fourth-order valence-electron chi connectivity index (χ4n) is 1.97. The third-order valence-electron chi connectivity index (χ3n) is 3.05. The highest BCUT2D eigenvalue weighted by molar-refractivity contribution is 9.10. The molecule has 0 saturated heterocycles. The Labute approximate surface area is 144 Å². The first-order chi connectivity index (χ1) is 9.72. The van der Waals surface area contributed by atoms with E-state index < -0.39 is 0 Å². The van der Waals surface area contributed by atoms with Crippen molar-refractivity contribution in [2.24, 2.45) is 0 Å². The molecule has 0 heterocycles. The van der Waals surface area contributed by atoms with Crippen molar-refractivity contribution >= 4 is 32.9 Å². The lowest BCUT2D eigenvalue weighted by molar-refractivity contribution is 0.407. The van der Waals surface area contributed by atoms with E-state index in [9.17, 15) is 0 Å². The lowest BCUT2D eigenvalue weighted by atomic mass is 10.2. The summed E-state index contributed by atoms with van der Waals surface area (Å²) in [7, 11) is 3.36. The molecule has 0 aliphatic carbocycles. The molecule has 2 aromatic rings. The Kier molecular flexibility index (Phi) is 7.78. The number of benzene rings is 2. The van der Waals surface area contributed by atoms with Gasteiger partial charge in [0.25, 0.3) is 0 Å². The third-order valence-corrected chi connectivity index (χ3v) is 3.54. The lowest BCUT2D eigenvalue weighted by Gasteiger charge is -2.10. The Morgan fingerprint density at radius 3 is 2.29 bits per heavy atom. The molecule has 3 nitrogen and oxygen atoms in total. The van der Waals surface area contributed by atoms with Crippen molar-refractivity contribution < 1.29 is 9.47 Å². The highest BCUT2D eigenvalue weighted by atomic mass is 79.9. The fourth-order valence-corrected chi connectivity index (χ4v) is 2.38. The molecule has 2 aromatic carbocycles. The van der Waals surface area contributed by atoms with Crippen LogP contribution >= 0.6 is 32.9 Å². The predicted molar refractivity (Wildman–Crippen MR) is 94.6 cm³/mol. The summed E-state index contributed by atoms with van der Waals surface area (Å²) in [6.07, 6.45) is 0. The standard InChI is InChI=1S/C16H18BrNO2.BrH/c1-19-15-6-3-12(4-7-15)10-18-11-13-9-14(17)5-8-16(13)20-2;/h3-9,18H,10-11H2,1-2H3;1H. The van der Waals surface area contributed by atoms with E-state index in [0.29, 0.717) is 0 Å². The van der Waals surface area contributed by atoms with Crippen LogP contribution in [-0.2, 0) is 13.1 Å². The number of ether oxygens (including phenoxy) is 2. The molecule has 114 valence electrons. The quantitative estimate of drug-likeness (QED) is 0.759. The van der Waals surface area contributed by atoms with Gasteiger partial charge in [-0.3, -0.25) is 0 Å². The van der Waals surface area contributed by atoms with Gasteiger partial charge in [-0.05, 0) is 35.9 Å². The molecule has 0 radical (unpaired) electrons. The number of hydrogen-bond acceptors (Lipinski definition) is 3. The van der Waals surface area contributed by atoms with E-state index in [0.717, 1.165) is 34.6 Å². The highest BCUT2D eigenvalue weighted by Crippen LogP contribution is 2.22. The Balaban J connectivity index is 0.00000220. The molecule has 0 atom stereocenters. The largest absolute Gasteiger partial charge is 0.497 e. The summed E-state index contributed by atoms with van der Waals surface area (Å²) in [6.45, 7) is 1.56. The molecule has 21 heavy (non-hydrogen) atoms. The van der Waals surface area contributed by atoms with Crippen LogP contribution in [0.3, 0.4) is 0 Å².